The largest absolute Gasteiger partial charge is 0.385 e. The van der Waals surface area contributed by atoms with E-state index in [0.717, 1.165) is 22.4 Å². The fourth-order valence-corrected chi connectivity index (χ4v) is 4.24. The molecule has 4 rings (SSSR count). The van der Waals surface area contributed by atoms with Crippen molar-refractivity contribution in [3.8, 4) is 11.3 Å². The minimum atomic E-state index is -1.08. The maximum Gasteiger partial charge on any atom is 0.273 e. The molecule has 7 heteroatoms. The maximum absolute atomic E-state index is 13.7. The van der Waals surface area contributed by atoms with Crippen molar-refractivity contribution in [2.45, 2.75) is 38.9 Å². The summed E-state index contributed by atoms with van der Waals surface area (Å²) in [7, 11) is 1.64. The molecule has 0 unspecified atom stereocenters. The van der Waals surface area contributed by atoms with Crippen molar-refractivity contribution in [3.63, 3.8) is 0 Å². The van der Waals surface area contributed by atoms with Crippen LogP contribution < -0.4 is 5.32 Å². The molecule has 1 aliphatic rings. The second kappa shape index (κ2) is 9.58. The lowest BCUT2D eigenvalue weighted by Crippen LogP contribution is -2.63. The highest BCUT2D eigenvalue weighted by Gasteiger charge is 2.47. The number of aromatic nitrogens is 2. The number of aryl methyl sites for hydroxylation is 1. The molecule has 1 aromatic heterocycles. The third kappa shape index (κ3) is 4.68. The van der Waals surface area contributed by atoms with Crippen LogP contribution in [0.1, 0.15) is 35.0 Å². The normalized spacial score (nSPS) is 17.7. The van der Waals surface area contributed by atoms with Gasteiger partial charge in [0.1, 0.15) is 11.2 Å². The highest BCUT2D eigenvalue weighted by molar-refractivity contribution is 6.00. The van der Waals surface area contributed by atoms with Gasteiger partial charge in [-0.1, -0.05) is 60.2 Å². The standard InChI is InChI=1S/C26H30N4O3/c1-19-9-7-10-20(15-19)17-29-24(31)23-16-22(21-11-5-4-6-12-21)28-30(23)18-26(29,2)25(32)27-13-8-14-33-3/h4-7,9-12,15-16H,8,13-14,17-18H2,1-3H3,(H,27,32)/t26-/m0/s1. The number of carbonyl (C=O) groups excluding carboxylic acids is 2. The number of nitrogens with zero attached hydrogens (tertiary/aromatic N) is 3. The number of fused-ring (bicyclic) bond motifs is 1. The molecule has 1 aliphatic heterocycles. The molecule has 1 atom stereocenters. The van der Waals surface area contributed by atoms with Gasteiger partial charge in [0.25, 0.3) is 5.91 Å². The molecule has 0 radical (unpaired) electrons. The SMILES string of the molecule is COCCCNC(=O)[C@]1(C)Cn2nc(-c3ccccc3)cc2C(=O)N1Cc1cccc(C)c1. The van der Waals surface area contributed by atoms with E-state index in [-0.39, 0.29) is 18.4 Å². The van der Waals surface area contributed by atoms with E-state index in [0.29, 0.717) is 31.8 Å². The average Bonchev–Trinajstić information content (AvgIpc) is 3.24. The lowest BCUT2D eigenvalue weighted by atomic mass is 9.94. The Morgan fingerprint density at radius 1 is 1.15 bits per heavy atom. The summed E-state index contributed by atoms with van der Waals surface area (Å²) in [6, 6.07) is 19.6. The highest BCUT2D eigenvalue weighted by Crippen LogP contribution is 2.31. The van der Waals surface area contributed by atoms with Crippen LogP contribution in [0.2, 0.25) is 0 Å². The number of hydrogen-bond acceptors (Lipinski definition) is 4. The number of hydrogen-bond donors (Lipinski definition) is 1. The Bertz CT molecular complexity index is 1140. The summed E-state index contributed by atoms with van der Waals surface area (Å²) in [5.74, 6) is -0.394. The van der Waals surface area contributed by atoms with Crippen LogP contribution in [-0.4, -0.2) is 52.3 Å². The van der Waals surface area contributed by atoms with Gasteiger partial charge in [-0.3, -0.25) is 14.3 Å². The van der Waals surface area contributed by atoms with Gasteiger partial charge in [0.05, 0.1) is 12.2 Å². The number of methoxy groups -OCH3 is 1. The molecule has 0 saturated carbocycles. The Morgan fingerprint density at radius 3 is 2.67 bits per heavy atom. The highest BCUT2D eigenvalue weighted by atomic mass is 16.5. The first-order chi connectivity index (χ1) is 15.9. The molecule has 33 heavy (non-hydrogen) atoms. The molecular weight excluding hydrogens is 416 g/mol. The van der Waals surface area contributed by atoms with Crippen LogP contribution in [0, 0.1) is 6.92 Å². The van der Waals surface area contributed by atoms with E-state index in [1.807, 2.05) is 74.5 Å². The molecule has 0 bridgehead atoms. The first kappa shape index (κ1) is 22.7. The van der Waals surface area contributed by atoms with E-state index >= 15 is 0 Å². The van der Waals surface area contributed by atoms with E-state index in [9.17, 15) is 9.59 Å². The molecule has 2 aromatic carbocycles. The zero-order valence-electron chi connectivity index (χ0n) is 19.4. The summed E-state index contributed by atoms with van der Waals surface area (Å²) in [6.45, 7) is 5.50. The predicted octanol–water partition coefficient (Wildman–Crippen LogP) is 3.43. The van der Waals surface area contributed by atoms with E-state index in [2.05, 4.69) is 10.4 Å². The zero-order valence-corrected chi connectivity index (χ0v) is 19.4. The van der Waals surface area contributed by atoms with Crippen LogP contribution in [0.5, 0.6) is 0 Å². The first-order valence-electron chi connectivity index (χ1n) is 11.2. The molecule has 172 valence electrons. The van der Waals surface area contributed by atoms with Crippen LogP contribution in [0.4, 0.5) is 0 Å². The molecule has 3 aromatic rings. The molecule has 0 spiro atoms. The van der Waals surface area contributed by atoms with Crippen LogP contribution in [0.3, 0.4) is 0 Å². The van der Waals surface area contributed by atoms with E-state index in [1.54, 1.807) is 16.7 Å². The number of rotatable bonds is 8. The minimum absolute atomic E-state index is 0.193. The molecule has 0 aliphatic carbocycles. The molecule has 0 saturated heterocycles. The third-order valence-electron chi connectivity index (χ3n) is 6.09. The quantitative estimate of drug-likeness (QED) is 0.538. The van der Waals surface area contributed by atoms with Gasteiger partial charge >= 0.3 is 0 Å². The van der Waals surface area contributed by atoms with Gasteiger partial charge < -0.3 is 15.0 Å². The first-order valence-corrected chi connectivity index (χ1v) is 11.2. The van der Waals surface area contributed by atoms with Gasteiger partial charge in [0, 0.05) is 32.4 Å². The van der Waals surface area contributed by atoms with Crippen molar-refractivity contribution in [1.82, 2.24) is 20.0 Å². The van der Waals surface area contributed by atoms with Gasteiger partial charge in [-0.25, -0.2) is 0 Å². The van der Waals surface area contributed by atoms with Gasteiger partial charge in [-0.05, 0) is 31.9 Å². The fourth-order valence-electron chi connectivity index (χ4n) is 4.24. The van der Waals surface area contributed by atoms with Gasteiger partial charge in [0.15, 0.2) is 0 Å². The van der Waals surface area contributed by atoms with Crippen molar-refractivity contribution in [2.75, 3.05) is 20.3 Å². The third-order valence-corrected chi connectivity index (χ3v) is 6.09. The number of ether oxygens (including phenoxy) is 1. The monoisotopic (exact) mass is 446 g/mol. The summed E-state index contributed by atoms with van der Waals surface area (Å²) in [5, 5.41) is 7.67. The summed E-state index contributed by atoms with van der Waals surface area (Å²) in [6.07, 6.45) is 0.704. The van der Waals surface area contributed by atoms with Crippen LogP contribution in [0.25, 0.3) is 11.3 Å². The second-order valence-electron chi connectivity index (χ2n) is 8.69. The maximum atomic E-state index is 13.7. The van der Waals surface area contributed by atoms with E-state index in [1.165, 1.54) is 0 Å². The Hall–Kier alpha value is -3.45. The van der Waals surface area contributed by atoms with Crippen LogP contribution >= 0.6 is 0 Å². The van der Waals surface area contributed by atoms with E-state index < -0.39 is 5.54 Å². The zero-order chi connectivity index (χ0) is 23.4. The van der Waals surface area contributed by atoms with Gasteiger partial charge in [0.2, 0.25) is 5.91 Å². The lowest BCUT2D eigenvalue weighted by molar-refractivity contribution is -0.133. The lowest BCUT2D eigenvalue weighted by Gasteiger charge is -2.43. The van der Waals surface area contributed by atoms with E-state index in [4.69, 9.17) is 4.74 Å². The Balaban J connectivity index is 1.69. The number of carbonyl (C=O) groups is 2. The van der Waals surface area contributed by atoms with Crippen molar-refractivity contribution in [1.29, 1.82) is 0 Å². The van der Waals surface area contributed by atoms with Crippen LogP contribution in [0.15, 0.2) is 60.7 Å². The number of benzene rings is 2. The molecule has 7 nitrogen and oxygen atoms in total. The average molecular weight is 447 g/mol. The molecule has 2 amide bonds. The topological polar surface area (TPSA) is 76.5 Å². The minimum Gasteiger partial charge on any atom is -0.385 e. The van der Waals surface area contributed by atoms with Crippen molar-refractivity contribution in [2.24, 2.45) is 0 Å². The summed E-state index contributed by atoms with van der Waals surface area (Å²) >= 11 is 0. The van der Waals surface area contributed by atoms with Gasteiger partial charge in [-0.2, -0.15) is 5.10 Å². The van der Waals surface area contributed by atoms with Crippen molar-refractivity contribution >= 4 is 11.8 Å². The molecule has 0 fully saturated rings. The molecule has 2 heterocycles. The smallest absolute Gasteiger partial charge is 0.273 e. The molecule has 1 N–H and O–H groups in total. The molecular formula is C26H30N4O3. The summed E-state index contributed by atoms with van der Waals surface area (Å²) in [4.78, 5) is 28.8. The van der Waals surface area contributed by atoms with Crippen molar-refractivity contribution < 1.29 is 14.3 Å². The van der Waals surface area contributed by atoms with Gasteiger partial charge in [-0.15, -0.1) is 0 Å². The Labute approximate surface area is 194 Å². The van der Waals surface area contributed by atoms with Crippen LogP contribution in [-0.2, 0) is 22.6 Å². The predicted molar refractivity (Wildman–Crippen MR) is 127 cm³/mol. The summed E-state index contributed by atoms with van der Waals surface area (Å²) in [5.41, 5.74) is 3.16. The Kier molecular flexibility index (Phi) is 6.60. The fraction of sp³-hybridized carbons (Fsp3) is 0.346. The Morgan fingerprint density at radius 2 is 1.94 bits per heavy atom. The second-order valence-corrected chi connectivity index (χ2v) is 8.69. The summed E-state index contributed by atoms with van der Waals surface area (Å²) < 4.78 is 6.76. The number of amides is 2. The number of nitrogens with one attached hydrogen (secondary N) is 1. The van der Waals surface area contributed by atoms with Crippen molar-refractivity contribution in [3.05, 3.63) is 77.5 Å².